The van der Waals surface area contributed by atoms with E-state index in [0.29, 0.717) is 0 Å². The van der Waals surface area contributed by atoms with Gasteiger partial charge in [0.2, 0.25) is 0 Å². The Balaban J connectivity index is 1.23. The first-order valence-electron chi connectivity index (χ1n) is 11.7. The summed E-state index contributed by atoms with van der Waals surface area (Å²) in [4.78, 5) is 11.6. The molecule has 1 aliphatic carbocycles. The molecule has 0 spiro atoms. The minimum Gasteiger partial charge on any atom is -0.391 e. The topological polar surface area (TPSA) is 87.8 Å². The smallest absolute Gasteiger partial charge is 0.184 e. The number of morpholine rings is 1. The third kappa shape index (κ3) is 4.28. The standard InChI is InChI=1S/C24H28N6O2S/c31-20-4-2-1-3-18(20)26-24-27-19-6-5-16(14-21(19)33-24)13-17-15-25-22-7-8-23(28-30(17)22)29-9-11-32-12-10-29/h5-8,14-15,18,20,31H,1-4,9-13H2,(H,26,27). The van der Waals surface area contributed by atoms with E-state index in [9.17, 15) is 5.11 Å². The van der Waals surface area contributed by atoms with Crippen LogP contribution in [0, 0.1) is 0 Å². The summed E-state index contributed by atoms with van der Waals surface area (Å²) in [7, 11) is 0. The van der Waals surface area contributed by atoms with Crippen molar-refractivity contribution in [3.05, 3.63) is 47.8 Å². The van der Waals surface area contributed by atoms with Crippen LogP contribution in [0.3, 0.4) is 0 Å². The van der Waals surface area contributed by atoms with Gasteiger partial charge in [-0.2, -0.15) is 0 Å². The summed E-state index contributed by atoms with van der Waals surface area (Å²) in [6.45, 7) is 3.20. The summed E-state index contributed by atoms with van der Waals surface area (Å²) in [5.41, 5.74) is 4.12. The summed E-state index contributed by atoms with van der Waals surface area (Å²) in [6.07, 6.45) is 6.51. The fourth-order valence-corrected chi connectivity index (χ4v) is 5.77. The average Bonchev–Trinajstić information content (AvgIpc) is 3.44. The molecule has 2 N–H and O–H groups in total. The maximum absolute atomic E-state index is 10.3. The molecule has 4 aromatic rings. The van der Waals surface area contributed by atoms with Gasteiger partial charge in [0.25, 0.3) is 0 Å². The van der Waals surface area contributed by atoms with E-state index in [1.165, 1.54) is 5.56 Å². The van der Waals surface area contributed by atoms with Crippen LogP contribution in [-0.2, 0) is 11.2 Å². The number of nitrogens with zero attached hydrogens (tertiary/aromatic N) is 5. The van der Waals surface area contributed by atoms with Crippen LogP contribution >= 0.6 is 11.3 Å². The highest BCUT2D eigenvalue weighted by atomic mass is 32.1. The summed E-state index contributed by atoms with van der Waals surface area (Å²) < 4.78 is 8.58. The van der Waals surface area contributed by atoms with Crippen LogP contribution in [-0.4, -0.2) is 63.1 Å². The van der Waals surface area contributed by atoms with E-state index in [1.54, 1.807) is 11.3 Å². The van der Waals surface area contributed by atoms with Gasteiger partial charge >= 0.3 is 0 Å². The molecule has 1 saturated heterocycles. The third-order valence-electron chi connectivity index (χ3n) is 6.63. The number of thiazole rings is 1. The molecule has 2 unspecified atom stereocenters. The lowest BCUT2D eigenvalue weighted by Crippen LogP contribution is -2.37. The van der Waals surface area contributed by atoms with E-state index in [0.717, 1.165) is 90.9 Å². The van der Waals surface area contributed by atoms with Crippen molar-refractivity contribution in [2.45, 2.75) is 44.2 Å². The third-order valence-corrected chi connectivity index (χ3v) is 7.58. The number of hydrogen-bond acceptors (Lipinski definition) is 8. The van der Waals surface area contributed by atoms with Crippen LogP contribution in [0.1, 0.15) is 36.9 Å². The fourth-order valence-electron chi connectivity index (χ4n) is 4.78. The Kier molecular flexibility index (Phi) is 5.61. The highest BCUT2D eigenvalue weighted by molar-refractivity contribution is 7.22. The van der Waals surface area contributed by atoms with E-state index < -0.39 is 0 Å². The van der Waals surface area contributed by atoms with Crippen molar-refractivity contribution in [1.29, 1.82) is 0 Å². The summed E-state index contributed by atoms with van der Waals surface area (Å²) in [6, 6.07) is 10.6. The molecule has 4 heterocycles. The van der Waals surface area contributed by atoms with Crippen LogP contribution in [0.15, 0.2) is 36.5 Å². The Hall–Kier alpha value is -2.75. The molecule has 6 rings (SSSR count). The highest BCUT2D eigenvalue weighted by Gasteiger charge is 2.23. The molecule has 0 amide bonds. The molecule has 9 heteroatoms. The summed E-state index contributed by atoms with van der Waals surface area (Å²) in [5.74, 6) is 0.962. The first kappa shape index (κ1) is 20.8. The Morgan fingerprint density at radius 3 is 2.88 bits per heavy atom. The van der Waals surface area contributed by atoms with Gasteiger partial charge in [0.05, 0.1) is 47.5 Å². The Morgan fingerprint density at radius 2 is 2.00 bits per heavy atom. The summed E-state index contributed by atoms with van der Waals surface area (Å²) in [5, 5.41) is 19.5. The number of fused-ring (bicyclic) bond motifs is 2. The van der Waals surface area contributed by atoms with Gasteiger partial charge in [0.15, 0.2) is 10.8 Å². The van der Waals surface area contributed by atoms with Crippen molar-refractivity contribution in [2.24, 2.45) is 0 Å². The maximum atomic E-state index is 10.3. The fraction of sp³-hybridized carbons (Fsp3) is 0.458. The average molecular weight is 465 g/mol. The number of imidazole rings is 1. The number of aliphatic hydroxyl groups is 1. The van der Waals surface area contributed by atoms with Gasteiger partial charge in [-0.3, -0.25) is 0 Å². The van der Waals surface area contributed by atoms with Crippen LogP contribution < -0.4 is 10.2 Å². The largest absolute Gasteiger partial charge is 0.391 e. The molecular weight excluding hydrogens is 436 g/mol. The lowest BCUT2D eigenvalue weighted by molar-refractivity contribution is 0.116. The van der Waals surface area contributed by atoms with Crippen molar-refractivity contribution in [3.8, 4) is 0 Å². The molecule has 0 radical (unpaired) electrons. The predicted octanol–water partition coefficient (Wildman–Crippen LogP) is 3.48. The quantitative estimate of drug-likeness (QED) is 0.467. The van der Waals surface area contributed by atoms with E-state index in [4.69, 9.17) is 14.8 Å². The molecule has 172 valence electrons. The molecule has 2 fully saturated rings. The monoisotopic (exact) mass is 464 g/mol. The van der Waals surface area contributed by atoms with Gasteiger partial charge in [0, 0.05) is 19.5 Å². The normalized spacial score (nSPS) is 21.7. The van der Waals surface area contributed by atoms with Crippen molar-refractivity contribution >= 4 is 38.2 Å². The Labute approximate surface area is 196 Å². The van der Waals surface area contributed by atoms with E-state index in [-0.39, 0.29) is 12.1 Å². The number of rotatable bonds is 5. The van der Waals surface area contributed by atoms with Crippen molar-refractivity contribution in [1.82, 2.24) is 19.6 Å². The van der Waals surface area contributed by atoms with Gasteiger partial charge < -0.3 is 20.1 Å². The minimum absolute atomic E-state index is 0.101. The molecule has 3 aromatic heterocycles. The lowest BCUT2D eigenvalue weighted by atomic mass is 9.93. The zero-order valence-electron chi connectivity index (χ0n) is 18.5. The molecule has 1 aliphatic heterocycles. The van der Waals surface area contributed by atoms with Crippen molar-refractivity contribution in [2.75, 3.05) is 36.5 Å². The number of nitrogens with one attached hydrogen (secondary N) is 1. The van der Waals surface area contributed by atoms with Crippen molar-refractivity contribution < 1.29 is 9.84 Å². The number of aromatic nitrogens is 4. The second kappa shape index (κ2) is 8.89. The number of anilines is 2. The SMILES string of the molecule is OC1CCCCC1Nc1nc2ccc(Cc3cnc4ccc(N5CCOCC5)nn34)cc2s1. The second-order valence-electron chi connectivity index (χ2n) is 8.91. The van der Waals surface area contributed by atoms with Crippen LogP contribution in [0.4, 0.5) is 10.9 Å². The van der Waals surface area contributed by atoms with E-state index >= 15 is 0 Å². The molecule has 1 saturated carbocycles. The maximum Gasteiger partial charge on any atom is 0.184 e. The van der Waals surface area contributed by atoms with Gasteiger partial charge in [0.1, 0.15) is 5.82 Å². The minimum atomic E-state index is -0.286. The number of hydrogen-bond donors (Lipinski definition) is 2. The van der Waals surface area contributed by atoms with Gasteiger partial charge in [-0.1, -0.05) is 30.2 Å². The molecule has 0 bridgehead atoms. The zero-order valence-corrected chi connectivity index (χ0v) is 19.3. The molecule has 2 atom stereocenters. The van der Waals surface area contributed by atoms with Crippen molar-refractivity contribution in [3.63, 3.8) is 0 Å². The molecule has 8 nitrogen and oxygen atoms in total. The molecule has 1 aromatic carbocycles. The predicted molar refractivity (Wildman–Crippen MR) is 130 cm³/mol. The lowest BCUT2D eigenvalue weighted by Gasteiger charge is -2.27. The van der Waals surface area contributed by atoms with Gasteiger partial charge in [-0.25, -0.2) is 14.5 Å². The molecule has 33 heavy (non-hydrogen) atoms. The number of ether oxygens (including phenoxy) is 1. The first-order chi connectivity index (χ1) is 16.2. The Bertz CT molecular complexity index is 1260. The van der Waals surface area contributed by atoms with Gasteiger partial charge in [-0.05, 0) is 42.7 Å². The van der Waals surface area contributed by atoms with Crippen LogP contribution in [0.5, 0.6) is 0 Å². The van der Waals surface area contributed by atoms with E-state index in [1.807, 2.05) is 22.8 Å². The second-order valence-corrected chi connectivity index (χ2v) is 9.94. The summed E-state index contributed by atoms with van der Waals surface area (Å²) >= 11 is 1.65. The first-order valence-corrected chi connectivity index (χ1v) is 12.5. The molecular formula is C24H28N6O2S. The number of aliphatic hydroxyl groups excluding tert-OH is 1. The van der Waals surface area contributed by atoms with Crippen LogP contribution in [0.2, 0.25) is 0 Å². The van der Waals surface area contributed by atoms with Gasteiger partial charge in [-0.15, -0.1) is 5.10 Å². The van der Waals surface area contributed by atoms with E-state index in [2.05, 4.69) is 33.4 Å². The highest BCUT2D eigenvalue weighted by Crippen LogP contribution is 2.30. The zero-order chi connectivity index (χ0) is 22.2. The Morgan fingerprint density at radius 1 is 1.12 bits per heavy atom. The molecule has 2 aliphatic rings. The number of benzene rings is 1. The van der Waals surface area contributed by atoms with Crippen LogP contribution in [0.25, 0.3) is 15.9 Å².